The molecule has 1 aromatic carbocycles. The van der Waals surface area contributed by atoms with Crippen LogP contribution in [0.2, 0.25) is 0 Å². The Morgan fingerprint density at radius 2 is 1.89 bits per heavy atom. The second-order valence-corrected chi connectivity index (χ2v) is 6.55. The van der Waals surface area contributed by atoms with E-state index in [0.717, 1.165) is 25.3 Å². The van der Waals surface area contributed by atoms with E-state index in [0.29, 0.717) is 5.92 Å². The lowest BCUT2D eigenvalue weighted by Crippen LogP contribution is -2.36. The molecule has 0 fully saturated rings. The summed E-state index contributed by atoms with van der Waals surface area (Å²) in [7, 11) is 0. The van der Waals surface area contributed by atoms with Gasteiger partial charge in [0.25, 0.3) is 0 Å². The molecule has 0 saturated heterocycles. The summed E-state index contributed by atoms with van der Waals surface area (Å²) in [5.41, 5.74) is 2.91. The van der Waals surface area contributed by atoms with Crippen LogP contribution in [0.1, 0.15) is 58.1 Å². The number of hydrogen-bond donors (Lipinski definition) is 1. The maximum atomic E-state index is 5.80. The van der Waals surface area contributed by atoms with E-state index in [1.165, 1.54) is 11.1 Å². The molecule has 108 valence electrons. The maximum Gasteiger partial charge on any atom is 0.119 e. The average Bonchev–Trinajstić information content (AvgIpc) is 2.26. The first-order valence-electron chi connectivity index (χ1n) is 7.28. The Morgan fingerprint density at radius 3 is 2.42 bits per heavy atom. The lowest BCUT2D eigenvalue weighted by atomic mass is 9.98. The van der Waals surface area contributed by atoms with Gasteiger partial charge in [-0.05, 0) is 69.8 Å². The summed E-state index contributed by atoms with van der Waals surface area (Å²) < 4.78 is 5.80. The number of ether oxygens (including phenoxy) is 1. The summed E-state index contributed by atoms with van der Waals surface area (Å²) in [6.45, 7) is 14.9. The molecule has 1 N–H and O–H groups in total. The van der Waals surface area contributed by atoms with Gasteiger partial charge < -0.3 is 10.1 Å². The van der Waals surface area contributed by atoms with Gasteiger partial charge in [0.05, 0.1) is 6.61 Å². The fourth-order valence-electron chi connectivity index (χ4n) is 2.11. The molecule has 19 heavy (non-hydrogen) atoms. The molecule has 1 rings (SSSR count). The van der Waals surface area contributed by atoms with Gasteiger partial charge in [0.2, 0.25) is 0 Å². The fourth-order valence-corrected chi connectivity index (χ4v) is 2.11. The minimum Gasteiger partial charge on any atom is -0.494 e. The van der Waals surface area contributed by atoms with Crippen molar-refractivity contribution >= 4 is 0 Å². The van der Waals surface area contributed by atoms with Crippen LogP contribution in [0.3, 0.4) is 0 Å². The van der Waals surface area contributed by atoms with Gasteiger partial charge in [-0.1, -0.05) is 19.9 Å². The highest BCUT2D eigenvalue weighted by Gasteiger charge is 2.07. The second kappa shape index (κ2) is 6.95. The minimum atomic E-state index is 0.190. The molecule has 2 nitrogen and oxygen atoms in total. The van der Waals surface area contributed by atoms with E-state index in [-0.39, 0.29) is 5.54 Å². The molecule has 0 aliphatic heterocycles. The highest BCUT2D eigenvalue weighted by Crippen LogP contribution is 2.23. The molecule has 0 aromatic heterocycles. The Kier molecular flexibility index (Phi) is 5.86. The van der Waals surface area contributed by atoms with Crippen LogP contribution in [-0.4, -0.2) is 18.7 Å². The third-order valence-electron chi connectivity index (χ3n) is 3.11. The Bertz CT molecular complexity index is 391. The van der Waals surface area contributed by atoms with Crippen molar-refractivity contribution in [1.82, 2.24) is 5.32 Å². The van der Waals surface area contributed by atoms with Crippen molar-refractivity contribution in [2.45, 2.75) is 59.4 Å². The van der Waals surface area contributed by atoms with E-state index in [1.807, 2.05) is 0 Å². The van der Waals surface area contributed by atoms with E-state index in [1.54, 1.807) is 0 Å². The fraction of sp³-hybridized carbons (Fsp3) is 0.647. The molecule has 0 aliphatic carbocycles. The summed E-state index contributed by atoms with van der Waals surface area (Å²) >= 11 is 0. The Balaban J connectivity index is 2.36. The molecule has 2 heteroatoms. The van der Waals surface area contributed by atoms with Gasteiger partial charge in [-0.15, -0.1) is 0 Å². The van der Waals surface area contributed by atoms with Gasteiger partial charge in [-0.25, -0.2) is 0 Å². The standard InChI is InChI=1S/C17H29NO/c1-13(2)16-9-8-15(12-14(16)3)19-11-7-10-18-17(4,5)6/h8-9,12-13,18H,7,10-11H2,1-6H3. The zero-order chi connectivity index (χ0) is 14.5. The van der Waals surface area contributed by atoms with Crippen LogP contribution in [-0.2, 0) is 0 Å². The van der Waals surface area contributed by atoms with Crippen molar-refractivity contribution in [3.8, 4) is 5.75 Å². The molecule has 0 bridgehead atoms. The molecule has 0 saturated carbocycles. The minimum absolute atomic E-state index is 0.190. The molecular weight excluding hydrogens is 234 g/mol. The van der Waals surface area contributed by atoms with E-state index < -0.39 is 0 Å². The third kappa shape index (κ3) is 6.11. The molecule has 0 aliphatic rings. The average molecular weight is 263 g/mol. The van der Waals surface area contributed by atoms with Gasteiger partial charge in [0, 0.05) is 5.54 Å². The van der Waals surface area contributed by atoms with E-state index >= 15 is 0 Å². The van der Waals surface area contributed by atoms with Gasteiger partial charge in [-0.3, -0.25) is 0 Å². The molecule has 1 aromatic rings. The number of nitrogens with one attached hydrogen (secondary N) is 1. The first-order chi connectivity index (χ1) is 8.79. The molecule has 0 unspecified atom stereocenters. The smallest absolute Gasteiger partial charge is 0.119 e. The zero-order valence-electron chi connectivity index (χ0n) is 13.3. The van der Waals surface area contributed by atoms with Crippen LogP contribution in [0.5, 0.6) is 5.75 Å². The monoisotopic (exact) mass is 263 g/mol. The first-order valence-corrected chi connectivity index (χ1v) is 7.28. The summed E-state index contributed by atoms with van der Waals surface area (Å²) in [4.78, 5) is 0. The van der Waals surface area contributed by atoms with Gasteiger partial charge in [-0.2, -0.15) is 0 Å². The van der Waals surface area contributed by atoms with Crippen LogP contribution in [0.25, 0.3) is 0 Å². The molecule has 0 amide bonds. The largest absolute Gasteiger partial charge is 0.494 e. The molecule has 0 heterocycles. The Morgan fingerprint density at radius 1 is 1.21 bits per heavy atom. The number of hydrogen-bond acceptors (Lipinski definition) is 2. The van der Waals surface area contributed by atoms with Crippen LogP contribution in [0.15, 0.2) is 18.2 Å². The predicted molar refractivity (Wildman–Crippen MR) is 83.1 cm³/mol. The van der Waals surface area contributed by atoms with Crippen molar-refractivity contribution in [3.05, 3.63) is 29.3 Å². The topological polar surface area (TPSA) is 21.3 Å². The molecule has 0 radical (unpaired) electrons. The highest BCUT2D eigenvalue weighted by molar-refractivity contribution is 5.36. The van der Waals surface area contributed by atoms with Crippen LogP contribution >= 0.6 is 0 Å². The van der Waals surface area contributed by atoms with E-state index in [2.05, 4.69) is 65.1 Å². The number of rotatable bonds is 6. The highest BCUT2D eigenvalue weighted by atomic mass is 16.5. The van der Waals surface area contributed by atoms with Crippen LogP contribution in [0, 0.1) is 6.92 Å². The van der Waals surface area contributed by atoms with Gasteiger partial charge in [0.15, 0.2) is 0 Å². The summed E-state index contributed by atoms with van der Waals surface area (Å²) in [6.07, 6.45) is 1.03. The normalized spacial score (nSPS) is 11.9. The Labute approximate surface area is 118 Å². The summed E-state index contributed by atoms with van der Waals surface area (Å²) in [5.74, 6) is 1.56. The quantitative estimate of drug-likeness (QED) is 0.774. The van der Waals surface area contributed by atoms with Crippen molar-refractivity contribution in [1.29, 1.82) is 0 Å². The Hall–Kier alpha value is -1.02. The van der Waals surface area contributed by atoms with Crippen molar-refractivity contribution in [2.24, 2.45) is 0 Å². The van der Waals surface area contributed by atoms with Crippen molar-refractivity contribution in [2.75, 3.05) is 13.2 Å². The SMILES string of the molecule is Cc1cc(OCCCNC(C)(C)C)ccc1C(C)C. The third-order valence-corrected chi connectivity index (χ3v) is 3.11. The zero-order valence-corrected chi connectivity index (χ0v) is 13.3. The van der Waals surface area contributed by atoms with Crippen molar-refractivity contribution < 1.29 is 4.74 Å². The van der Waals surface area contributed by atoms with Crippen LogP contribution < -0.4 is 10.1 Å². The van der Waals surface area contributed by atoms with Gasteiger partial charge >= 0.3 is 0 Å². The predicted octanol–water partition coefficient (Wildman–Crippen LogP) is 4.28. The lowest BCUT2D eigenvalue weighted by molar-refractivity contribution is 0.298. The molecular formula is C17H29NO. The summed E-state index contributed by atoms with van der Waals surface area (Å²) in [6, 6.07) is 6.41. The second-order valence-electron chi connectivity index (χ2n) is 6.55. The maximum absolute atomic E-state index is 5.80. The number of benzene rings is 1. The molecule has 0 atom stereocenters. The van der Waals surface area contributed by atoms with Gasteiger partial charge in [0.1, 0.15) is 5.75 Å². The first kappa shape index (κ1) is 16.0. The summed E-state index contributed by atoms with van der Waals surface area (Å²) in [5, 5.41) is 3.46. The van der Waals surface area contributed by atoms with Crippen LogP contribution in [0.4, 0.5) is 0 Å². The molecule has 0 spiro atoms. The van der Waals surface area contributed by atoms with E-state index in [4.69, 9.17) is 4.74 Å². The number of aryl methyl sites for hydroxylation is 1. The van der Waals surface area contributed by atoms with Crippen molar-refractivity contribution in [3.63, 3.8) is 0 Å². The van der Waals surface area contributed by atoms with E-state index in [9.17, 15) is 0 Å². The lowest BCUT2D eigenvalue weighted by Gasteiger charge is -2.20.